The van der Waals surface area contributed by atoms with Crippen LogP contribution in [0.4, 0.5) is 0 Å². The van der Waals surface area contributed by atoms with Crippen molar-refractivity contribution in [3.8, 4) is 5.75 Å². The molecule has 1 aromatic heterocycles. The van der Waals surface area contributed by atoms with Gasteiger partial charge in [0.15, 0.2) is 0 Å². The molecule has 1 amide bonds. The molecule has 1 atom stereocenters. The van der Waals surface area contributed by atoms with Gasteiger partial charge in [0.05, 0.1) is 25.3 Å². The standard InChI is InChI=1S/C26H38N4O5/c1-26(2,27-17-24(34)21-6-7-23(33)22(18-32)28-21)16-20-5-3-4-19(14-20)15-25(35)30-10-8-29(9-11-30)12-13-31/h3-7,14,24,27,31-34H,8-13,15-18H2,1-2H3. The van der Waals surface area contributed by atoms with E-state index in [1.165, 1.54) is 6.07 Å². The first kappa shape index (κ1) is 27.0. The van der Waals surface area contributed by atoms with Gasteiger partial charge in [-0.1, -0.05) is 24.3 Å². The number of nitrogens with zero attached hydrogens (tertiary/aromatic N) is 3. The number of benzene rings is 1. The zero-order chi connectivity index (χ0) is 25.4. The molecule has 2 aromatic rings. The Morgan fingerprint density at radius 3 is 2.51 bits per heavy atom. The van der Waals surface area contributed by atoms with Crippen molar-refractivity contribution in [2.45, 2.75) is 44.9 Å². The van der Waals surface area contributed by atoms with E-state index in [0.29, 0.717) is 38.2 Å². The van der Waals surface area contributed by atoms with Crippen molar-refractivity contribution in [3.05, 3.63) is 58.9 Å². The molecule has 1 aliphatic rings. The summed E-state index contributed by atoms with van der Waals surface area (Å²) in [5.74, 6) is 0.0222. The lowest BCUT2D eigenvalue weighted by atomic mass is 9.93. The van der Waals surface area contributed by atoms with Crippen LogP contribution < -0.4 is 5.32 Å². The van der Waals surface area contributed by atoms with E-state index in [-0.39, 0.29) is 36.0 Å². The molecule has 3 rings (SSSR count). The fourth-order valence-electron chi connectivity index (χ4n) is 4.36. The van der Waals surface area contributed by atoms with Crippen LogP contribution in [0.1, 0.15) is 42.5 Å². The molecule has 1 aliphatic heterocycles. The second-order valence-electron chi connectivity index (χ2n) is 9.76. The number of hydrogen-bond donors (Lipinski definition) is 5. The van der Waals surface area contributed by atoms with Crippen molar-refractivity contribution in [2.75, 3.05) is 45.9 Å². The molecule has 0 spiro atoms. The largest absolute Gasteiger partial charge is 0.506 e. The maximum absolute atomic E-state index is 12.8. The Kier molecular flexibility index (Phi) is 9.59. The first-order chi connectivity index (χ1) is 16.7. The summed E-state index contributed by atoms with van der Waals surface area (Å²) < 4.78 is 0. The smallest absolute Gasteiger partial charge is 0.227 e. The Morgan fingerprint density at radius 1 is 1.11 bits per heavy atom. The third-order valence-corrected chi connectivity index (χ3v) is 6.37. The van der Waals surface area contributed by atoms with E-state index in [1.807, 2.05) is 36.9 Å². The van der Waals surface area contributed by atoms with Crippen molar-refractivity contribution in [2.24, 2.45) is 0 Å². The van der Waals surface area contributed by atoms with Crippen LogP contribution in [0, 0.1) is 0 Å². The number of aromatic hydroxyl groups is 1. The van der Waals surface area contributed by atoms with E-state index >= 15 is 0 Å². The van der Waals surface area contributed by atoms with E-state index in [9.17, 15) is 20.1 Å². The van der Waals surface area contributed by atoms with Crippen LogP contribution in [0.5, 0.6) is 5.75 Å². The molecule has 5 N–H and O–H groups in total. The molecule has 9 heteroatoms. The van der Waals surface area contributed by atoms with Gasteiger partial charge in [-0.25, -0.2) is 4.98 Å². The lowest BCUT2D eigenvalue weighted by Gasteiger charge is -2.34. The van der Waals surface area contributed by atoms with E-state index in [0.717, 1.165) is 24.2 Å². The van der Waals surface area contributed by atoms with Gasteiger partial charge in [-0.3, -0.25) is 9.69 Å². The van der Waals surface area contributed by atoms with Gasteiger partial charge in [-0.05, 0) is 43.5 Å². The number of pyridine rings is 1. The highest BCUT2D eigenvalue weighted by Gasteiger charge is 2.23. The van der Waals surface area contributed by atoms with Crippen LogP contribution in [0.15, 0.2) is 36.4 Å². The average Bonchev–Trinajstić information content (AvgIpc) is 2.83. The van der Waals surface area contributed by atoms with Crippen LogP contribution in [-0.2, 0) is 24.2 Å². The Labute approximate surface area is 207 Å². The normalized spacial score (nSPS) is 15.9. The quantitative estimate of drug-likeness (QED) is 0.312. The molecule has 0 radical (unpaired) electrons. The Hall–Kier alpha value is -2.56. The zero-order valence-corrected chi connectivity index (χ0v) is 20.7. The van der Waals surface area contributed by atoms with Crippen molar-refractivity contribution < 1.29 is 25.2 Å². The van der Waals surface area contributed by atoms with Gasteiger partial charge in [-0.15, -0.1) is 0 Å². The molecular formula is C26H38N4O5. The molecule has 1 saturated heterocycles. The van der Waals surface area contributed by atoms with Crippen molar-refractivity contribution in [1.29, 1.82) is 0 Å². The number of aromatic nitrogens is 1. The van der Waals surface area contributed by atoms with E-state index < -0.39 is 12.7 Å². The molecular weight excluding hydrogens is 448 g/mol. The maximum atomic E-state index is 12.8. The summed E-state index contributed by atoms with van der Waals surface area (Å²) >= 11 is 0. The molecule has 1 aromatic carbocycles. The molecule has 9 nitrogen and oxygen atoms in total. The Balaban J connectivity index is 1.53. The number of carbonyl (C=O) groups excluding carboxylic acids is 1. The maximum Gasteiger partial charge on any atom is 0.227 e. The average molecular weight is 487 g/mol. The van der Waals surface area contributed by atoms with Gasteiger partial charge in [0.1, 0.15) is 17.5 Å². The van der Waals surface area contributed by atoms with Crippen LogP contribution in [-0.4, -0.2) is 92.5 Å². The summed E-state index contributed by atoms with van der Waals surface area (Å²) in [6.07, 6.45) is 0.175. The zero-order valence-electron chi connectivity index (χ0n) is 20.7. The van der Waals surface area contributed by atoms with Crippen LogP contribution in [0.2, 0.25) is 0 Å². The second-order valence-corrected chi connectivity index (χ2v) is 9.76. The number of aliphatic hydroxyl groups is 3. The number of β-amino-alcohol motifs (C(OH)–C–C–N with tert-alkyl or cyclic N) is 2. The highest BCUT2D eigenvalue weighted by molar-refractivity contribution is 5.79. The first-order valence-electron chi connectivity index (χ1n) is 12.1. The molecule has 1 unspecified atom stereocenters. The fourth-order valence-corrected chi connectivity index (χ4v) is 4.36. The van der Waals surface area contributed by atoms with Gasteiger partial charge in [0.25, 0.3) is 0 Å². The molecule has 0 aliphatic carbocycles. The molecule has 35 heavy (non-hydrogen) atoms. The van der Waals surface area contributed by atoms with Crippen LogP contribution in [0.25, 0.3) is 0 Å². The predicted octanol–water partition coefficient (Wildman–Crippen LogP) is 0.603. The summed E-state index contributed by atoms with van der Waals surface area (Å²) in [7, 11) is 0. The SMILES string of the molecule is CC(C)(Cc1cccc(CC(=O)N2CCN(CCO)CC2)c1)NCC(O)c1ccc(O)c(CO)n1. The minimum absolute atomic E-state index is 0.0981. The molecule has 0 bridgehead atoms. The third kappa shape index (κ3) is 7.98. The van der Waals surface area contributed by atoms with Crippen molar-refractivity contribution in [3.63, 3.8) is 0 Å². The van der Waals surface area contributed by atoms with E-state index in [2.05, 4.69) is 21.3 Å². The van der Waals surface area contributed by atoms with Gasteiger partial charge < -0.3 is 30.6 Å². The number of amides is 1. The summed E-state index contributed by atoms with van der Waals surface area (Å²) in [4.78, 5) is 21.0. The van der Waals surface area contributed by atoms with Gasteiger partial charge >= 0.3 is 0 Å². The minimum Gasteiger partial charge on any atom is -0.506 e. The minimum atomic E-state index is -0.887. The molecule has 0 saturated carbocycles. The van der Waals surface area contributed by atoms with E-state index in [1.54, 1.807) is 6.07 Å². The number of hydrogen-bond acceptors (Lipinski definition) is 8. The summed E-state index contributed by atoms with van der Waals surface area (Å²) in [5.41, 5.74) is 2.27. The fraction of sp³-hybridized carbons (Fsp3) is 0.538. The molecule has 2 heterocycles. The lowest BCUT2D eigenvalue weighted by molar-refractivity contribution is -0.132. The number of piperazine rings is 1. The number of aliphatic hydroxyl groups excluding tert-OH is 3. The lowest BCUT2D eigenvalue weighted by Crippen LogP contribution is -2.49. The van der Waals surface area contributed by atoms with Crippen LogP contribution >= 0.6 is 0 Å². The third-order valence-electron chi connectivity index (χ3n) is 6.37. The van der Waals surface area contributed by atoms with E-state index in [4.69, 9.17) is 5.11 Å². The summed E-state index contributed by atoms with van der Waals surface area (Å²) in [5, 5.41) is 41.9. The number of carbonyl (C=O) groups is 1. The Morgan fingerprint density at radius 2 is 1.83 bits per heavy atom. The topological polar surface area (TPSA) is 129 Å². The van der Waals surface area contributed by atoms with Gasteiger partial charge in [0, 0.05) is 44.8 Å². The highest BCUT2D eigenvalue weighted by Crippen LogP contribution is 2.20. The predicted molar refractivity (Wildman–Crippen MR) is 133 cm³/mol. The summed E-state index contributed by atoms with van der Waals surface area (Å²) in [6.45, 7) is 7.71. The molecule has 1 fully saturated rings. The summed E-state index contributed by atoms with van der Waals surface area (Å²) in [6, 6.07) is 11.0. The van der Waals surface area contributed by atoms with Crippen molar-refractivity contribution >= 4 is 5.91 Å². The molecule has 192 valence electrons. The number of nitrogens with one attached hydrogen (secondary N) is 1. The monoisotopic (exact) mass is 486 g/mol. The van der Waals surface area contributed by atoms with Crippen LogP contribution in [0.3, 0.4) is 0 Å². The van der Waals surface area contributed by atoms with Gasteiger partial charge in [-0.2, -0.15) is 0 Å². The van der Waals surface area contributed by atoms with Crippen molar-refractivity contribution in [1.82, 2.24) is 20.1 Å². The Bertz CT molecular complexity index is 976. The second kappa shape index (κ2) is 12.4. The first-order valence-corrected chi connectivity index (χ1v) is 12.1. The number of rotatable bonds is 11. The highest BCUT2D eigenvalue weighted by atomic mass is 16.3. The van der Waals surface area contributed by atoms with Gasteiger partial charge in [0.2, 0.25) is 5.91 Å².